The van der Waals surface area contributed by atoms with Crippen LogP contribution in [0, 0.1) is 6.92 Å². The van der Waals surface area contributed by atoms with Crippen molar-refractivity contribution in [1.82, 2.24) is 15.0 Å². The smallest absolute Gasteiger partial charge is 0.240 e. The van der Waals surface area contributed by atoms with Gasteiger partial charge < -0.3 is 5.32 Å². The molecule has 0 saturated carbocycles. The molecule has 0 aliphatic rings. The van der Waals surface area contributed by atoms with Crippen molar-refractivity contribution in [2.45, 2.75) is 24.8 Å². The van der Waals surface area contributed by atoms with E-state index in [0.717, 1.165) is 22.8 Å². The molecule has 2 aromatic rings. The Morgan fingerprint density at radius 2 is 1.95 bits per heavy atom. The van der Waals surface area contributed by atoms with E-state index < -0.39 is 10.0 Å². The van der Waals surface area contributed by atoms with Crippen molar-refractivity contribution in [2.75, 3.05) is 13.6 Å². The van der Waals surface area contributed by atoms with Crippen molar-refractivity contribution in [2.24, 2.45) is 0 Å². The van der Waals surface area contributed by atoms with E-state index in [1.165, 1.54) is 0 Å². The van der Waals surface area contributed by atoms with Gasteiger partial charge in [0.15, 0.2) is 0 Å². The number of nitrogens with zero attached hydrogens (tertiary/aromatic N) is 1. The summed E-state index contributed by atoms with van der Waals surface area (Å²) in [4.78, 5) is 4.60. The van der Waals surface area contributed by atoms with Crippen LogP contribution in [0.3, 0.4) is 0 Å². The predicted octanol–water partition coefficient (Wildman–Crippen LogP) is 1.69. The molecule has 2 rings (SSSR count). The molecule has 0 saturated heterocycles. The summed E-state index contributed by atoms with van der Waals surface area (Å²) in [6.07, 6.45) is 0.607. The SMILES string of the molecule is CNCc1ccc(S(=O)(=O)NCCc2nc(C)cs2)cc1. The Kier molecular flexibility index (Phi) is 5.46. The summed E-state index contributed by atoms with van der Waals surface area (Å²) in [7, 11) is -1.60. The Labute approximate surface area is 129 Å². The maximum absolute atomic E-state index is 12.2. The first-order valence-corrected chi connectivity index (χ1v) is 9.02. The summed E-state index contributed by atoms with van der Waals surface area (Å²) in [5.74, 6) is 0. The van der Waals surface area contributed by atoms with Gasteiger partial charge in [-0.25, -0.2) is 18.1 Å². The summed E-state index contributed by atoms with van der Waals surface area (Å²) in [6.45, 7) is 3.00. The molecule has 1 heterocycles. The van der Waals surface area contributed by atoms with Crippen molar-refractivity contribution < 1.29 is 8.42 Å². The second kappa shape index (κ2) is 7.13. The molecule has 1 aromatic carbocycles. The number of benzene rings is 1. The van der Waals surface area contributed by atoms with Gasteiger partial charge in [0.2, 0.25) is 10.0 Å². The second-order valence-electron chi connectivity index (χ2n) is 4.70. The van der Waals surface area contributed by atoms with Crippen LogP contribution in [-0.4, -0.2) is 27.0 Å². The highest BCUT2D eigenvalue weighted by atomic mass is 32.2. The maximum Gasteiger partial charge on any atom is 0.240 e. The van der Waals surface area contributed by atoms with E-state index in [0.29, 0.717) is 13.0 Å². The molecule has 2 N–H and O–H groups in total. The minimum Gasteiger partial charge on any atom is -0.316 e. The van der Waals surface area contributed by atoms with Gasteiger partial charge in [-0.2, -0.15) is 0 Å². The minimum atomic E-state index is -3.45. The van der Waals surface area contributed by atoms with E-state index in [1.807, 2.05) is 31.5 Å². The summed E-state index contributed by atoms with van der Waals surface area (Å²) in [6, 6.07) is 6.88. The Morgan fingerprint density at radius 1 is 1.24 bits per heavy atom. The van der Waals surface area contributed by atoms with E-state index in [4.69, 9.17) is 0 Å². The summed E-state index contributed by atoms with van der Waals surface area (Å²) < 4.78 is 26.9. The maximum atomic E-state index is 12.2. The summed E-state index contributed by atoms with van der Waals surface area (Å²) in [5.41, 5.74) is 2.02. The van der Waals surface area contributed by atoms with Gasteiger partial charge in [0.05, 0.1) is 9.90 Å². The molecule has 0 bridgehead atoms. The molecule has 21 heavy (non-hydrogen) atoms. The first-order chi connectivity index (χ1) is 10.0. The van der Waals surface area contributed by atoms with E-state index in [9.17, 15) is 8.42 Å². The average Bonchev–Trinajstić information content (AvgIpc) is 2.85. The van der Waals surface area contributed by atoms with Gasteiger partial charge in [0.25, 0.3) is 0 Å². The Balaban J connectivity index is 1.94. The van der Waals surface area contributed by atoms with Crippen LogP contribution >= 0.6 is 11.3 Å². The van der Waals surface area contributed by atoms with Gasteiger partial charge in [-0.15, -0.1) is 11.3 Å². The third-order valence-electron chi connectivity index (χ3n) is 2.91. The van der Waals surface area contributed by atoms with Crippen molar-refractivity contribution in [3.63, 3.8) is 0 Å². The number of sulfonamides is 1. The molecule has 1 aromatic heterocycles. The molecule has 0 unspecified atom stereocenters. The van der Waals surface area contributed by atoms with Crippen LogP contribution in [0.5, 0.6) is 0 Å². The van der Waals surface area contributed by atoms with Crippen LogP contribution in [0.2, 0.25) is 0 Å². The first-order valence-electron chi connectivity index (χ1n) is 6.65. The highest BCUT2D eigenvalue weighted by Gasteiger charge is 2.13. The lowest BCUT2D eigenvalue weighted by Crippen LogP contribution is -2.26. The Morgan fingerprint density at radius 3 is 2.52 bits per heavy atom. The third kappa shape index (κ3) is 4.60. The van der Waals surface area contributed by atoms with E-state index >= 15 is 0 Å². The molecule has 0 atom stereocenters. The topological polar surface area (TPSA) is 71.1 Å². The molecule has 0 fully saturated rings. The highest BCUT2D eigenvalue weighted by molar-refractivity contribution is 7.89. The molecule has 0 amide bonds. The number of aryl methyl sites for hydroxylation is 1. The fraction of sp³-hybridized carbons (Fsp3) is 0.357. The van der Waals surface area contributed by atoms with Gasteiger partial charge in [0.1, 0.15) is 0 Å². The predicted molar refractivity (Wildman–Crippen MR) is 84.9 cm³/mol. The van der Waals surface area contributed by atoms with E-state index in [2.05, 4.69) is 15.0 Å². The van der Waals surface area contributed by atoms with Crippen molar-refractivity contribution >= 4 is 21.4 Å². The van der Waals surface area contributed by atoms with Gasteiger partial charge >= 0.3 is 0 Å². The molecular formula is C14H19N3O2S2. The normalized spacial score (nSPS) is 11.7. The lowest BCUT2D eigenvalue weighted by atomic mass is 10.2. The van der Waals surface area contributed by atoms with Crippen LogP contribution < -0.4 is 10.0 Å². The fourth-order valence-corrected chi connectivity index (χ4v) is 3.69. The third-order valence-corrected chi connectivity index (χ3v) is 5.42. The van der Waals surface area contributed by atoms with Crippen LogP contribution in [0.15, 0.2) is 34.5 Å². The van der Waals surface area contributed by atoms with Crippen molar-refractivity contribution in [3.05, 3.63) is 45.9 Å². The Hall–Kier alpha value is -1.28. The second-order valence-corrected chi connectivity index (χ2v) is 7.41. The number of thiazole rings is 1. The largest absolute Gasteiger partial charge is 0.316 e. The quantitative estimate of drug-likeness (QED) is 0.813. The van der Waals surface area contributed by atoms with Gasteiger partial charge in [-0.3, -0.25) is 0 Å². The molecule has 0 spiro atoms. The zero-order valence-corrected chi connectivity index (χ0v) is 13.7. The summed E-state index contributed by atoms with van der Waals surface area (Å²) in [5, 5.41) is 5.93. The highest BCUT2D eigenvalue weighted by Crippen LogP contribution is 2.12. The number of hydrogen-bond donors (Lipinski definition) is 2. The van der Waals surface area contributed by atoms with E-state index in [-0.39, 0.29) is 4.90 Å². The molecule has 114 valence electrons. The lowest BCUT2D eigenvalue weighted by Gasteiger charge is -2.07. The Bertz CT molecular complexity index is 678. The van der Waals surface area contributed by atoms with Crippen molar-refractivity contribution in [1.29, 1.82) is 0 Å². The minimum absolute atomic E-state index is 0.290. The zero-order chi connectivity index (χ0) is 15.3. The molecule has 7 heteroatoms. The first kappa shape index (κ1) is 16.1. The van der Waals surface area contributed by atoms with Crippen LogP contribution in [0.4, 0.5) is 0 Å². The average molecular weight is 325 g/mol. The number of rotatable bonds is 7. The number of aromatic nitrogens is 1. The standard InChI is InChI=1S/C14H19N3O2S2/c1-11-10-20-14(17-11)7-8-16-21(18,19)13-5-3-12(4-6-13)9-15-2/h3-6,10,15-16H,7-9H2,1-2H3. The molecular weight excluding hydrogens is 306 g/mol. The molecule has 5 nitrogen and oxygen atoms in total. The molecule has 0 radical (unpaired) electrons. The van der Waals surface area contributed by atoms with Gasteiger partial charge in [-0.1, -0.05) is 12.1 Å². The van der Waals surface area contributed by atoms with Crippen molar-refractivity contribution in [3.8, 4) is 0 Å². The summed E-state index contributed by atoms with van der Waals surface area (Å²) >= 11 is 1.55. The lowest BCUT2D eigenvalue weighted by molar-refractivity contribution is 0.581. The van der Waals surface area contributed by atoms with Crippen LogP contribution in [0.25, 0.3) is 0 Å². The zero-order valence-electron chi connectivity index (χ0n) is 12.1. The number of nitrogens with one attached hydrogen (secondary N) is 2. The van der Waals surface area contributed by atoms with Gasteiger partial charge in [-0.05, 0) is 31.7 Å². The van der Waals surface area contributed by atoms with Crippen LogP contribution in [0.1, 0.15) is 16.3 Å². The number of hydrogen-bond acceptors (Lipinski definition) is 5. The van der Waals surface area contributed by atoms with Crippen LogP contribution in [-0.2, 0) is 23.0 Å². The van der Waals surface area contributed by atoms with E-state index in [1.54, 1.807) is 23.5 Å². The monoisotopic (exact) mass is 325 g/mol. The van der Waals surface area contributed by atoms with Gasteiger partial charge in [0, 0.05) is 30.6 Å². The molecule has 0 aliphatic heterocycles. The fourth-order valence-electron chi connectivity index (χ4n) is 1.88. The molecule has 0 aliphatic carbocycles.